The predicted octanol–water partition coefficient (Wildman–Crippen LogP) is 4.93. The van der Waals surface area contributed by atoms with Gasteiger partial charge in [-0.1, -0.05) is 24.3 Å². The highest BCUT2D eigenvalue weighted by atomic mass is 32.1. The molecule has 0 fully saturated rings. The van der Waals surface area contributed by atoms with Crippen molar-refractivity contribution in [2.24, 2.45) is 0 Å². The van der Waals surface area contributed by atoms with Gasteiger partial charge in [0.1, 0.15) is 12.4 Å². The fourth-order valence-corrected chi connectivity index (χ4v) is 2.68. The van der Waals surface area contributed by atoms with Crippen LogP contribution < -0.4 is 4.74 Å². The van der Waals surface area contributed by atoms with Crippen LogP contribution in [0.4, 0.5) is 0 Å². The zero-order valence-electron chi connectivity index (χ0n) is 12.1. The lowest BCUT2D eigenvalue weighted by molar-refractivity contribution is 0.308. The lowest BCUT2D eigenvalue weighted by atomic mass is 10.1. The number of hydrogen-bond acceptors (Lipinski definition) is 3. The van der Waals surface area contributed by atoms with Crippen LogP contribution in [0.5, 0.6) is 5.75 Å². The largest absolute Gasteiger partial charge is 0.488 e. The molecule has 0 aliphatic carbocycles. The molecule has 3 heteroatoms. The molecule has 1 heterocycles. The van der Waals surface area contributed by atoms with Gasteiger partial charge in [0, 0.05) is 0 Å². The number of benzene rings is 1. The number of hydrogen-bond donors (Lipinski definition) is 0. The van der Waals surface area contributed by atoms with E-state index in [1.54, 1.807) is 11.3 Å². The van der Waals surface area contributed by atoms with Gasteiger partial charge in [0.05, 0.1) is 16.1 Å². The lowest BCUT2D eigenvalue weighted by Gasteiger charge is -2.07. The molecule has 0 N–H and O–H groups in total. The van der Waals surface area contributed by atoms with Gasteiger partial charge in [0.2, 0.25) is 0 Å². The van der Waals surface area contributed by atoms with Crippen LogP contribution in [-0.4, -0.2) is 4.98 Å². The summed E-state index contributed by atoms with van der Waals surface area (Å²) in [4.78, 5) is 5.43. The average molecular weight is 287 g/mol. The third kappa shape index (κ3) is 4.49. The van der Waals surface area contributed by atoms with Crippen molar-refractivity contribution in [3.63, 3.8) is 0 Å². The first-order valence-electron chi connectivity index (χ1n) is 7.01. The average Bonchev–Trinajstić information content (AvgIpc) is 2.87. The highest BCUT2D eigenvalue weighted by molar-refractivity contribution is 7.09. The molecule has 2 aromatic rings. The van der Waals surface area contributed by atoms with E-state index in [9.17, 15) is 0 Å². The van der Waals surface area contributed by atoms with E-state index in [4.69, 9.17) is 4.74 Å². The number of aromatic nitrogens is 1. The topological polar surface area (TPSA) is 22.1 Å². The monoisotopic (exact) mass is 287 g/mol. The second-order valence-corrected chi connectivity index (χ2v) is 5.70. The van der Waals surface area contributed by atoms with Gasteiger partial charge in [0.25, 0.3) is 0 Å². The Kier molecular flexibility index (Phi) is 5.81. The second kappa shape index (κ2) is 7.85. The third-order valence-electron chi connectivity index (χ3n) is 3.19. The Labute approximate surface area is 125 Å². The van der Waals surface area contributed by atoms with Gasteiger partial charge in [-0.2, -0.15) is 0 Å². The highest BCUT2D eigenvalue weighted by Crippen LogP contribution is 2.19. The van der Waals surface area contributed by atoms with Gasteiger partial charge in [0.15, 0.2) is 0 Å². The van der Waals surface area contributed by atoms with Crippen LogP contribution in [0.15, 0.2) is 41.9 Å². The van der Waals surface area contributed by atoms with Crippen LogP contribution in [0, 0.1) is 6.92 Å². The van der Waals surface area contributed by atoms with Crippen molar-refractivity contribution in [2.75, 3.05) is 0 Å². The molecule has 0 radical (unpaired) electrons. The van der Waals surface area contributed by atoms with Crippen LogP contribution in [0.3, 0.4) is 0 Å². The number of aryl methyl sites for hydroxylation is 2. The molecule has 1 aromatic carbocycles. The van der Waals surface area contributed by atoms with Crippen molar-refractivity contribution in [3.8, 4) is 5.75 Å². The Morgan fingerprint density at radius 3 is 3.00 bits per heavy atom. The van der Waals surface area contributed by atoms with Crippen molar-refractivity contribution in [1.82, 2.24) is 4.98 Å². The van der Waals surface area contributed by atoms with Crippen molar-refractivity contribution in [3.05, 3.63) is 58.1 Å². The molecular formula is C17H21NOS. The summed E-state index contributed by atoms with van der Waals surface area (Å²) >= 11 is 1.65. The standard InChI is InChI=1S/C17H21NOS/c1-3-4-5-6-8-15-9-7-10-16(11-15)19-12-17-14(2)18-13-20-17/h3-4,7,9-11,13H,5-6,8,12H2,1-2H3/b4-3-. The molecule has 1 aromatic heterocycles. The van der Waals surface area contributed by atoms with E-state index in [0.29, 0.717) is 6.61 Å². The molecule has 0 atom stereocenters. The van der Waals surface area contributed by atoms with E-state index in [1.807, 2.05) is 18.5 Å². The van der Waals surface area contributed by atoms with Crippen LogP contribution in [0.1, 0.15) is 35.9 Å². The SMILES string of the molecule is C/C=C\CCCc1cccc(OCc2scnc2C)c1. The van der Waals surface area contributed by atoms with Crippen molar-refractivity contribution < 1.29 is 4.74 Å². The number of nitrogens with zero attached hydrogens (tertiary/aromatic N) is 1. The molecule has 0 aliphatic rings. The maximum atomic E-state index is 5.86. The minimum Gasteiger partial charge on any atom is -0.488 e. The van der Waals surface area contributed by atoms with E-state index in [2.05, 4.69) is 42.3 Å². The summed E-state index contributed by atoms with van der Waals surface area (Å²) in [6, 6.07) is 8.40. The van der Waals surface area contributed by atoms with E-state index < -0.39 is 0 Å². The van der Waals surface area contributed by atoms with Crippen molar-refractivity contribution >= 4 is 11.3 Å². The Bertz CT molecular complexity index is 560. The van der Waals surface area contributed by atoms with E-state index in [1.165, 1.54) is 16.9 Å². The van der Waals surface area contributed by atoms with Crippen LogP contribution >= 0.6 is 11.3 Å². The molecule has 2 nitrogen and oxygen atoms in total. The minimum absolute atomic E-state index is 0.610. The molecule has 0 saturated heterocycles. The molecule has 0 aliphatic heterocycles. The molecular weight excluding hydrogens is 266 g/mol. The number of rotatable bonds is 7. The molecule has 2 rings (SSSR count). The smallest absolute Gasteiger partial charge is 0.124 e. The summed E-state index contributed by atoms with van der Waals surface area (Å²) in [5, 5.41) is 0. The van der Waals surface area contributed by atoms with Crippen LogP contribution in [0.2, 0.25) is 0 Å². The first-order valence-corrected chi connectivity index (χ1v) is 7.89. The summed E-state index contributed by atoms with van der Waals surface area (Å²) in [7, 11) is 0. The van der Waals surface area contributed by atoms with E-state index in [0.717, 1.165) is 24.3 Å². The zero-order chi connectivity index (χ0) is 14.2. The van der Waals surface area contributed by atoms with Crippen molar-refractivity contribution in [1.29, 1.82) is 0 Å². The molecule has 20 heavy (non-hydrogen) atoms. The van der Waals surface area contributed by atoms with Gasteiger partial charge >= 0.3 is 0 Å². The van der Waals surface area contributed by atoms with Gasteiger partial charge < -0.3 is 4.74 Å². The number of unbranched alkanes of at least 4 members (excludes halogenated alkanes) is 1. The molecule has 0 spiro atoms. The Balaban J connectivity index is 1.87. The molecule has 0 amide bonds. The Hall–Kier alpha value is -1.61. The van der Waals surface area contributed by atoms with E-state index >= 15 is 0 Å². The number of allylic oxidation sites excluding steroid dienone is 2. The van der Waals surface area contributed by atoms with Gasteiger partial charge in [-0.15, -0.1) is 11.3 Å². The summed E-state index contributed by atoms with van der Waals surface area (Å²) in [6.45, 7) is 4.70. The van der Waals surface area contributed by atoms with E-state index in [-0.39, 0.29) is 0 Å². The van der Waals surface area contributed by atoms with Crippen LogP contribution in [-0.2, 0) is 13.0 Å². The maximum absolute atomic E-state index is 5.86. The first kappa shape index (κ1) is 14.8. The maximum Gasteiger partial charge on any atom is 0.124 e. The summed E-state index contributed by atoms with van der Waals surface area (Å²) in [5.41, 5.74) is 4.27. The first-order chi connectivity index (χ1) is 9.79. The zero-order valence-corrected chi connectivity index (χ0v) is 13.0. The number of ether oxygens (including phenoxy) is 1. The Morgan fingerprint density at radius 1 is 1.35 bits per heavy atom. The molecule has 0 saturated carbocycles. The minimum atomic E-state index is 0.610. The molecule has 106 valence electrons. The molecule has 0 unspecified atom stereocenters. The quantitative estimate of drug-likeness (QED) is 0.532. The molecule has 0 bridgehead atoms. The number of thiazole rings is 1. The van der Waals surface area contributed by atoms with Crippen molar-refractivity contribution in [2.45, 2.75) is 39.7 Å². The fraction of sp³-hybridized carbons (Fsp3) is 0.353. The van der Waals surface area contributed by atoms with Gasteiger partial charge in [-0.05, 0) is 50.8 Å². The van der Waals surface area contributed by atoms with Crippen LogP contribution in [0.25, 0.3) is 0 Å². The third-order valence-corrected chi connectivity index (χ3v) is 4.09. The van der Waals surface area contributed by atoms with Gasteiger partial charge in [-0.25, -0.2) is 4.98 Å². The summed E-state index contributed by atoms with van der Waals surface area (Å²) in [5.74, 6) is 0.946. The lowest BCUT2D eigenvalue weighted by Crippen LogP contribution is -1.96. The second-order valence-electron chi connectivity index (χ2n) is 4.76. The Morgan fingerprint density at radius 2 is 2.25 bits per heavy atom. The van der Waals surface area contributed by atoms with Gasteiger partial charge in [-0.3, -0.25) is 0 Å². The fourth-order valence-electron chi connectivity index (χ4n) is 2.00. The summed E-state index contributed by atoms with van der Waals surface area (Å²) < 4.78 is 5.86. The predicted molar refractivity (Wildman–Crippen MR) is 85.4 cm³/mol. The summed E-state index contributed by atoms with van der Waals surface area (Å²) in [6.07, 6.45) is 7.74. The normalized spacial score (nSPS) is 11.1. The highest BCUT2D eigenvalue weighted by Gasteiger charge is 2.03.